The average molecular weight is 257 g/mol. The predicted octanol–water partition coefficient (Wildman–Crippen LogP) is 4.13. The molecule has 2 aromatic carbocycles. The fraction of sp³-hybridized carbons (Fsp3) is 0.133. The minimum atomic E-state index is -0.388. The molecule has 0 aliphatic rings. The zero-order valence-corrected chi connectivity index (χ0v) is 10.6. The first-order chi connectivity index (χ1) is 8.81. The van der Waals surface area contributed by atoms with E-state index < -0.39 is 0 Å². The van der Waals surface area contributed by atoms with E-state index in [1.54, 1.807) is 23.9 Å². The van der Waals surface area contributed by atoms with Crippen LogP contribution in [-0.4, -0.2) is 0 Å². The van der Waals surface area contributed by atoms with Crippen molar-refractivity contribution in [2.24, 2.45) is 0 Å². The van der Waals surface area contributed by atoms with Crippen LogP contribution in [0.1, 0.15) is 16.7 Å². The van der Waals surface area contributed by atoms with Gasteiger partial charge in [-0.1, -0.05) is 42.5 Å². The molecule has 0 heterocycles. The van der Waals surface area contributed by atoms with Gasteiger partial charge in [0.15, 0.2) is 0 Å². The van der Waals surface area contributed by atoms with Crippen molar-refractivity contribution in [3.8, 4) is 6.07 Å². The lowest BCUT2D eigenvalue weighted by Gasteiger charge is -2.04. The molecular weight excluding hydrogens is 245 g/mol. The summed E-state index contributed by atoms with van der Waals surface area (Å²) in [7, 11) is 0. The minimum Gasteiger partial charge on any atom is -0.205 e. The third-order valence-electron chi connectivity index (χ3n) is 2.57. The number of thioether (sulfide) groups is 1. The molecule has 0 radical (unpaired) electrons. The van der Waals surface area contributed by atoms with Gasteiger partial charge in [0.2, 0.25) is 0 Å². The molecule has 0 saturated carbocycles. The van der Waals surface area contributed by atoms with E-state index in [-0.39, 0.29) is 11.4 Å². The van der Waals surface area contributed by atoms with Crippen LogP contribution in [0.4, 0.5) is 4.39 Å². The van der Waals surface area contributed by atoms with Crippen LogP contribution in [0.2, 0.25) is 0 Å². The van der Waals surface area contributed by atoms with Gasteiger partial charge in [-0.2, -0.15) is 17.0 Å². The van der Waals surface area contributed by atoms with Crippen molar-refractivity contribution in [3.63, 3.8) is 0 Å². The van der Waals surface area contributed by atoms with Crippen molar-refractivity contribution in [1.82, 2.24) is 0 Å². The maximum absolute atomic E-state index is 13.8. The molecule has 0 amide bonds. The Morgan fingerprint density at radius 3 is 2.50 bits per heavy atom. The summed E-state index contributed by atoms with van der Waals surface area (Å²) in [6, 6.07) is 16.9. The van der Waals surface area contributed by atoms with Crippen LogP contribution in [0.3, 0.4) is 0 Å². The Kier molecular flexibility index (Phi) is 4.38. The molecule has 0 fully saturated rings. The van der Waals surface area contributed by atoms with Crippen LogP contribution in [-0.2, 0) is 11.5 Å². The van der Waals surface area contributed by atoms with E-state index >= 15 is 0 Å². The first-order valence-electron chi connectivity index (χ1n) is 5.60. The molecule has 90 valence electrons. The Labute approximate surface area is 110 Å². The largest absolute Gasteiger partial charge is 0.205 e. The van der Waals surface area contributed by atoms with Crippen LogP contribution in [0.5, 0.6) is 0 Å². The molecule has 0 spiro atoms. The van der Waals surface area contributed by atoms with Crippen LogP contribution in [0.25, 0.3) is 0 Å². The van der Waals surface area contributed by atoms with Crippen LogP contribution < -0.4 is 0 Å². The van der Waals surface area contributed by atoms with Gasteiger partial charge in [0.25, 0.3) is 0 Å². The summed E-state index contributed by atoms with van der Waals surface area (Å²) in [6.07, 6.45) is 0. The monoisotopic (exact) mass is 257 g/mol. The predicted molar refractivity (Wildman–Crippen MR) is 72.6 cm³/mol. The van der Waals surface area contributed by atoms with E-state index in [4.69, 9.17) is 5.26 Å². The molecule has 2 rings (SSSR count). The topological polar surface area (TPSA) is 23.8 Å². The Balaban J connectivity index is 1.97. The van der Waals surface area contributed by atoms with Crippen LogP contribution in [0.15, 0.2) is 48.5 Å². The summed E-state index contributed by atoms with van der Waals surface area (Å²) in [5, 5.41) is 8.75. The zero-order valence-electron chi connectivity index (χ0n) is 9.77. The van der Waals surface area contributed by atoms with Gasteiger partial charge in [-0.15, -0.1) is 0 Å². The highest BCUT2D eigenvalue weighted by Gasteiger charge is 2.07. The summed E-state index contributed by atoms with van der Waals surface area (Å²) in [5.74, 6) is 1.04. The van der Waals surface area contributed by atoms with Gasteiger partial charge >= 0.3 is 0 Å². The first-order valence-corrected chi connectivity index (χ1v) is 6.76. The molecule has 2 aromatic rings. The molecular formula is C15H12FNS. The van der Waals surface area contributed by atoms with Gasteiger partial charge in [-0.3, -0.25) is 0 Å². The fourth-order valence-corrected chi connectivity index (χ4v) is 2.60. The zero-order chi connectivity index (χ0) is 12.8. The van der Waals surface area contributed by atoms with Gasteiger partial charge < -0.3 is 0 Å². The molecule has 0 N–H and O–H groups in total. The van der Waals surface area contributed by atoms with Crippen molar-refractivity contribution >= 4 is 11.8 Å². The van der Waals surface area contributed by atoms with E-state index in [1.807, 2.05) is 24.3 Å². The van der Waals surface area contributed by atoms with E-state index in [1.165, 1.54) is 11.6 Å². The number of nitrogens with zero attached hydrogens (tertiary/aromatic N) is 1. The second-order valence-corrected chi connectivity index (χ2v) is 4.85. The summed E-state index contributed by atoms with van der Waals surface area (Å²) in [4.78, 5) is 0. The average Bonchev–Trinajstić information content (AvgIpc) is 2.42. The van der Waals surface area contributed by atoms with Gasteiger partial charge in [0.05, 0.1) is 5.56 Å². The van der Waals surface area contributed by atoms with Crippen LogP contribution >= 0.6 is 11.8 Å². The molecule has 0 aromatic heterocycles. The molecule has 1 nitrogen and oxygen atoms in total. The summed E-state index contributed by atoms with van der Waals surface area (Å²) >= 11 is 1.64. The van der Waals surface area contributed by atoms with E-state index in [9.17, 15) is 4.39 Å². The minimum absolute atomic E-state index is 0.118. The number of benzene rings is 2. The standard InChI is InChI=1S/C15H12FNS/c16-15-13(9-17)7-4-8-14(15)11-18-10-12-5-2-1-3-6-12/h1-8H,10-11H2. The number of hydrogen-bond donors (Lipinski definition) is 0. The number of rotatable bonds is 4. The molecule has 0 atom stereocenters. The highest BCUT2D eigenvalue weighted by atomic mass is 32.2. The maximum Gasteiger partial charge on any atom is 0.144 e. The van der Waals surface area contributed by atoms with Crippen molar-refractivity contribution in [1.29, 1.82) is 5.26 Å². The molecule has 18 heavy (non-hydrogen) atoms. The third kappa shape index (κ3) is 3.12. The number of hydrogen-bond acceptors (Lipinski definition) is 2. The second-order valence-electron chi connectivity index (χ2n) is 3.87. The van der Waals surface area contributed by atoms with E-state index in [0.717, 1.165) is 5.75 Å². The van der Waals surface area contributed by atoms with Crippen molar-refractivity contribution < 1.29 is 4.39 Å². The molecule has 0 bridgehead atoms. The first kappa shape index (κ1) is 12.7. The Morgan fingerprint density at radius 1 is 1.00 bits per heavy atom. The lowest BCUT2D eigenvalue weighted by atomic mass is 10.1. The van der Waals surface area contributed by atoms with Gasteiger partial charge in [-0.25, -0.2) is 4.39 Å². The van der Waals surface area contributed by atoms with Crippen LogP contribution in [0, 0.1) is 17.1 Å². The Bertz CT molecular complexity index is 560. The third-order valence-corrected chi connectivity index (χ3v) is 3.62. The Morgan fingerprint density at radius 2 is 1.78 bits per heavy atom. The normalized spacial score (nSPS) is 10.0. The van der Waals surface area contributed by atoms with Crippen molar-refractivity contribution in [3.05, 3.63) is 71.0 Å². The molecule has 0 aliphatic heterocycles. The van der Waals surface area contributed by atoms with Gasteiger partial charge in [-0.05, 0) is 17.2 Å². The lowest BCUT2D eigenvalue weighted by molar-refractivity contribution is 0.613. The molecule has 0 saturated heterocycles. The quantitative estimate of drug-likeness (QED) is 0.822. The van der Waals surface area contributed by atoms with E-state index in [0.29, 0.717) is 11.3 Å². The molecule has 3 heteroatoms. The summed E-state index contributed by atoms with van der Waals surface area (Å²) in [5.41, 5.74) is 1.93. The van der Waals surface area contributed by atoms with E-state index in [2.05, 4.69) is 12.1 Å². The highest BCUT2D eigenvalue weighted by Crippen LogP contribution is 2.21. The molecule has 0 aliphatic carbocycles. The highest BCUT2D eigenvalue weighted by molar-refractivity contribution is 7.97. The summed E-state index contributed by atoms with van der Waals surface area (Å²) in [6.45, 7) is 0. The second kappa shape index (κ2) is 6.23. The smallest absolute Gasteiger partial charge is 0.144 e. The van der Waals surface area contributed by atoms with Crippen molar-refractivity contribution in [2.45, 2.75) is 11.5 Å². The Hall–Kier alpha value is -1.79. The maximum atomic E-state index is 13.8. The van der Waals surface area contributed by atoms with Gasteiger partial charge in [0, 0.05) is 11.5 Å². The van der Waals surface area contributed by atoms with Crippen molar-refractivity contribution in [2.75, 3.05) is 0 Å². The lowest BCUT2D eigenvalue weighted by Crippen LogP contribution is -1.92. The SMILES string of the molecule is N#Cc1cccc(CSCc2ccccc2)c1F. The molecule has 0 unspecified atom stereocenters. The number of nitriles is 1. The number of halogens is 1. The summed E-state index contributed by atoms with van der Waals surface area (Å²) < 4.78 is 13.8. The van der Waals surface area contributed by atoms with Gasteiger partial charge in [0.1, 0.15) is 11.9 Å². The fourth-order valence-electron chi connectivity index (χ4n) is 1.63.